The zero-order valence-corrected chi connectivity index (χ0v) is 14.6. The lowest BCUT2D eigenvalue weighted by molar-refractivity contribution is 0.0949. The number of thiazole rings is 1. The Bertz CT molecular complexity index is 768. The first-order chi connectivity index (χ1) is 10.9. The molecule has 1 amide bonds. The second-order valence-corrected chi connectivity index (χ2v) is 7.94. The second-order valence-electron chi connectivity index (χ2n) is 5.07. The predicted octanol–water partition coefficient (Wildman–Crippen LogP) is 2.82. The van der Waals surface area contributed by atoms with Crippen molar-refractivity contribution in [2.24, 2.45) is 0 Å². The number of hydrogen-bond acceptors (Lipinski definition) is 6. The monoisotopic (exact) mass is 353 g/mol. The number of hydrogen-bond donors (Lipinski definition) is 2. The number of nitrogens with one attached hydrogen (secondary N) is 2. The number of carbonyl (C=O) groups excluding carboxylic acids is 1. The van der Waals surface area contributed by atoms with E-state index in [4.69, 9.17) is 0 Å². The van der Waals surface area contributed by atoms with Crippen LogP contribution in [0.1, 0.15) is 30.3 Å². The average Bonchev–Trinajstić information content (AvgIpc) is 2.95. The van der Waals surface area contributed by atoms with Crippen molar-refractivity contribution in [1.29, 1.82) is 0 Å². The number of rotatable bonds is 7. The molecule has 0 unspecified atom stereocenters. The van der Waals surface area contributed by atoms with E-state index in [1.165, 1.54) is 29.7 Å². The van der Waals surface area contributed by atoms with Gasteiger partial charge in [0.1, 0.15) is 5.69 Å². The molecule has 0 bridgehead atoms. The lowest BCUT2D eigenvalue weighted by Gasteiger charge is -2.04. The summed E-state index contributed by atoms with van der Waals surface area (Å²) in [6, 6.07) is 6.39. The number of aromatic nitrogens is 1. The number of sulfone groups is 1. The largest absolute Gasteiger partial charge is 0.351 e. The number of carbonyl (C=O) groups is 1. The highest BCUT2D eigenvalue weighted by Gasteiger charge is 2.11. The van der Waals surface area contributed by atoms with E-state index >= 15 is 0 Å². The van der Waals surface area contributed by atoms with Crippen molar-refractivity contribution in [1.82, 2.24) is 10.3 Å². The van der Waals surface area contributed by atoms with Gasteiger partial charge >= 0.3 is 0 Å². The summed E-state index contributed by atoms with van der Waals surface area (Å²) in [5, 5.41) is 8.14. The van der Waals surface area contributed by atoms with Crippen LogP contribution in [-0.2, 0) is 9.84 Å². The van der Waals surface area contributed by atoms with Crippen LogP contribution >= 0.6 is 11.3 Å². The van der Waals surface area contributed by atoms with E-state index in [1.807, 2.05) is 0 Å². The zero-order valence-electron chi connectivity index (χ0n) is 13.0. The molecule has 23 heavy (non-hydrogen) atoms. The van der Waals surface area contributed by atoms with Crippen LogP contribution in [0.5, 0.6) is 0 Å². The molecule has 0 fully saturated rings. The molecule has 2 aromatic rings. The highest BCUT2D eigenvalue weighted by atomic mass is 32.2. The minimum atomic E-state index is -3.20. The molecule has 0 radical (unpaired) electrons. The molecule has 6 nitrogen and oxygen atoms in total. The van der Waals surface area contributed by atoms with Crippen LogP contribution in [0.4, 0.5) is 10.8 Å². The normalized spacial score (nSPS) is 11.2. The summed E-state index contributed by atoms with van der Waals surface area (Å²) >= 11 is 1.32. The fourth-order valence-electron chi connectivity index (χ4n) is 1.81. The molecule has 0 saturated heterocycles. The molecule has 0 aliphatic heterocycles. The molecule has 0 saturated carbocycles. The van der Waals surface area contributed by atoms with E-state index < -0.39 is 9.84 Å². The minimum absolute atomic E-state index is 0.185. The summed E-state index contributed by atoms with van der Waals surface area (Å²) in [7, 11) is -3.20. The predicted molar refractivity (Wildman–Crippen MR) is 92.2 cm³/mol. The van der Waals surface area contributed by atoms with Crippen molar-refractivity contribution in [3.05, 3.63) is 35.3 Å². The Labute approximate surface area is 139 Å². The minimum Gasteiger partial charge on any atom is -0.351 e. The molecule has 0 atom stereocenters. The first-order valence-electron chi connectivity index (χ1n) is 7.21. The molecule has 0 spiro atoms. The third kappa shape index (κ3) is 5.04. The summed E-state index contributed by atoms with van der Waals surface area (Å²) in [6.07, 6.45) is 3.13. The molecule has 1 heterocycles. The first kappa shape index (κ1) is 17.4. The molecule has 124 valence electrons. The Hall–Kier alpha value is -1.93. The lowest BCUT2D eigenvalue weighted by atomic mass is 10.3. The van der Waals surface area contributed by atoms with Crippen LogP contribution in [0.3, 0.4) is 0 Å². The van der Waals surface area contributed by atoms with Gasteiger partial charge in [0.2, 0.25) is 0 Å². The van der Waals surface area contributed by atoms with Crippen molar-refractivity contribution in [2.45, 2.75) is 24.7 Å². The maximum Gasteiger partial charge on any atom is 0.270 e. The summed E-state index contributed by atoms with van der Waals surface area (Å²) in [4.78, 5) is 16.4. The van der Waals surface area contributed by atoms with Gasteiger partial charge in [0.15, 0.2) is 15.0 Å². The SMILES string of the molecule is CCCCNC(=O)c1csc(Nc2ccc(S(C)(=O)=O)cc2)n1. The highest BCUT2D eigenvalue weighted by Crippen LogP contribution is 2.22. The van der Waals surface area contributed by atoms with Crippen molar-refractivity contribution in [2.75, 3.05) is 18.1 Å². The smallest absolute Gasteiger partial charge is 0.270 e. The van der Waals surface area contributed by atoms with Crippen LogP contribution in [0, 0.1) is 0 Å². The maximum absolute atomic E-state index is 11.9. The van der Waals surface area contributed by atoms with Gasteiger partial charge in [0.05, 0.1) is 4.90 Å². The summed E-state index contributed by atoms with van der Waals surface area (Å²) in [5.74, 6) is -0.185. The molecular formula is C15H19N3O3S2. The van der Waals surface area contributed by atoms with Crippen LogP contribution in [0.2, 0.25) is 0 Å². The van der Waals surface area contributed by atoms with Crippen molar-refractivity contribution >= 4 is 37.9 Å². The van der Waals surface area contributed by atoms with E-state index in [0.717, 1.165) is 12.8 Å². The molecular weight excluding hydrogens is 334 g/mol. The number of anilines is 2. The zero-order chi connectivity index (χ0) is 16.9. The van der Waals surface area contributed by atoms with E-state index in [1.54, 1.807) is 17.5 Å². The van der Waals surface area contributed by atoms with Crippen LogP contribution < -0.4 is 10.6 Å². The average molecular weight is 353 g/mol. The molecule has 2 rings (SSSR count). The Kier molecular flexibility index (Phi) is 5.73. The van der Waals surface area contributed by atoms with E-state index in [2.05, 4.69) is 22.5 Å². The standard InChI is InChI=1S/C15H19N3O3S2/c1-3-4-9-16-14(19)13-10-22-15(18-13)17-11-5-7-12(8-6-11)23(2,20)21/h5-8,10H,3-4,9H2,1-2H3,(H,16,19)(H,17,18). The van der Waals surface area contributed by atoms with E-state index in [-0.39, 0.29) is 10.8 Å². The summed E-state index contributed by atoms with van der Waals surface area (Å²) in [5.41, 5.74) is 1.09. The van der Waals surface area contributed by atoms with Crippen molar-refractivity contribution < 1.29 is 13.2 Å². The summed E-state index contributed by atoms with van der Waals surface area (Å²) in [6.45, 7) is 2.70. The Balaban J connectivity index is 2.00. The third-order valence-corrected chi connectivity index (χ3v) is 4.97. The Morgan fingerprint density at radius 1 is 1.26 bits per heavy atom. The molecule has 1 aromatic heterocycles. The fraction of sp³-hybridized carbons (Fsp3) is 0.333. The van der Waals surface area contributed by atoms with E-state index in [0.29, 0.717) is 23.1 Å². The molecule has 0 aliphatic rings. The van der Waals surface area contributed by atoms with Crippen LogP contribution in [0.25, 0.3) is 0 Å². The third-order valence-electron chi connectivity index (χ3n) is 3.09. The van der Waals surface area contributed by atoms with Crippen LogP contribution in [-0.4, -0.2) is 32.1 Å². The van der Waals surface area contributed by atoms with E-state index in [9.17, 15) is 13.2 Å². The van der Waals surface area contributed by atoms with Gasteiger partial charge in [-0.15, -0.1) is 11.3 Å². The van der Waals surface area contributed by atoms with Crippen LogP contribution in [0.15, 0.2) is 34.5 Å². The summed E-state index contributed by atoms with van der Waals surface area (Å²) < 4.78 is 22.8. The van der Waals surface area contributed by atoms with Gasteiger partial charge in [0.25, 0.3) is 5.91 Å². The van der Waals surface area contributed by atoms with Gasteiger partial charge in [-0.05, 0) is 30.7 Å². The first-order valence-corrected chi connectivity index (χ1v) is 9.98. The fourth-order valence-corrected chi connectivity index (χ4v) is 3.15. The molecule has 1 aromatic carbocycles. The quantitative estimate of drug-likeness (QED) is 0.747. The lowest BCUT2D eigenvalue weighted by Crippen LogP contribution is -2.24. The number of unbranched alkanes of at least 4 members (excludes halogenated alkanes) is 1. The van der Waals surface area contributed by atoms with Crippen molar-refractivity contribution in [3.63, 3.8) is 0 Å². The molecule has 0 aliphatic carbocycles. The molecule has 2 N–H and O–H groups in total. The highest BCUT2D eigenvalue weighted by molar-refractivity contribution is 7.90. The Morgan fingerprint density at radius 2 is 1.96 bits per heavy atom. The van der Waals surface area contributed by atoms with Gasteiger partial charge in [-0.25, -0.2) is 13.4 Å². The number of amides is 1. The maximum atomic E-state index is 11.9. The Morgan fingerprint density at radius 3 is 2.57 bits per heavy atom. The number of nitrogens with zero attached hydrogens (tertiary/aromatic N) is 1. The topological polar surface area (TPSA) is 88.2 Å². The van der Waals surface area contributed by atoms with Gasteiger partial charge in [-0.3, -0.25) is 4.79 Å². The van der Waals surface area contributed by atoms with Gasteiger partial charge in [-0.2, -0.15) is 0 Å². The van der Waals surface area contributed by atoms with Crippen molar-refractivity contribution in [3.8, 4) is 0 Å². The van der Waals surface area contributed by atoms with Gasteiger partial charge in [-0.1, -0.05) is 13.3 Å². The van der Waals surface area contributed by atoms with Gasteiger partial charge < -0.3 is 10.6 Å². The molecule has 8 heteroatoms. The second kappa shape index (κ2) is 7.56. The van der Waals surface area contributed by atoms with Gasteiger partial charge in [0, 0.05) is 23.9 Å². The number of benzene rings is 1.